The molecule has 13 nitrogen and oxygen atoms in total. The van der Waals surface area contributed by atoms with Crippen LogP contribution < -0.4 is 21.2 Å². The maximum absolute atomic E-state index is 13.0. The van der Waals surface area contributed by atoms with Crippen molar-refractivity contribution in [3.05, 3.63) is 59.8 Å². The predicted octanol–water partition coefficient (Wildman–Crippen LogP) is 2.02. The van der Waals surface area contributed by atoms with Gasteiger partial charge in [-0.3, -0.25) is 9.59 Å². The molecule has 178 valence electrons. The van der Waals surface area contributed by atoms with E-state index in [1.165, 1.54) is 17.8 Å². The Morgan fingerprint density at radius 3 is 2.69 bits per heavy atom. The topological polar surface area (TPSA) is 175 Å². The van der Waals surface area contributed by atoms with E-state index in [4.69, 9.17) is 10.5 Å². The Hall–Kier alpha value is -5.07. The van der Waals surface area contributed by atoms with Gasteiger partial charge in [0, 0.05) is 18.2 Å². The van der Waals surface area contributed by atoms with Gasteiger partial charge in [-0.05, 0) is 47.1 Å². The lowest BCUT2D eigenvalue weighted by Crippen LogP contribution is -2.19. The van der Waals surface area contributed by atoms with Gasteiger partial charge in [0.15, 0.2) is 5.69 Å². The number of hydrogen-bond acceptors (Lipinski definition) is 10. The van der Waals surface area contributed by atoms with Crippen molar-refractivity contribution in [2.45, 2.75) is 13.8 Å². The van der Waals surface area contributed by atoms with E-state index in [0.29, 0.717) is 34.9 Å². The lowest BCUT2D eigenvalue weighted by atomic mass is 10.1. The molecule has 0 radical (unpaired) electrons. The van der Waals surface area contributed by atoms with Gasteiger partial charge >= 0.3 is 0 Å². The zero-order valence-electron chi connectivity index (χ0n) is 18.8. The van der Waals surface area contributed by atoms with E-state index in [1.807, 2.05) is 6.92 Å². The number of anilines is 2. The van der Waals surface area contributed by atoms with Crippen molar-refractivity contribution in [2.75, 3.05) is 17.7 Å². The summed E-state index contributed by atoms with van der Waals surface area (Å²) in [6.45, 7) is 3.76. The highest BCUT2D eigenvalue weighted by Gasteiger charge is 2.25. The van der Waals surface area contributed by atoms with Crippen LogP contribution in [0.1, 0.15) is 29.9 Å². The van der Waals surface area contributed by atoms with Gasteiger partial charge in [-0.15, -0.1) is 5.10 Å². The van der Waals surface area contributed by atoms with Crippen LogP contribution >= 0.6 is 0 Å². The molecule has 0 spiro atoms. The molecule has 0 bridgehead atoms. The van der Waals surface area contributed by atoms with Gasteiger partial charge in [0.1, 0.15) is 11.4 Å². The zero-order chi connectivity index (χ0) is 24.8. The van der Waals surface area contributed by atoms with E-state index in [0.717, 1.165) is 0 Å². The number of nitrogen functional groups attached to an aromatic ring is 1. The largest absolute Gasteiger partial charge is 0.494 e. The van der Waals surface area contributed by atoms with Crippen molar-refractivity contribution in [1.29, 1.82) is 0 Å². The number of nitrogens with zero attached hydrogens (tertiary/aromatic N) is 6. The highest BCUT2D eigenvalue weighted by molar-refractivity contribution is 5.99. The molecule has 4 N–H and O–H groups in total. The van der Waals surface area contributed by atoms with Crippen molar-refractivity contribution in [3.63, 3.8) is 0 Å². The monoisotopic (exact) mass is 475 g/mol. The number of carbonyl (C=O) groups is 2. The summed E-state index contributed by atoms with van der Waals surface area (Å²) in [5.41, 5.74) is 10.5. The number of hydrazone groups is 1. The molecular formula is C22H21N9O4. The number of aromatic nitrogens is 5. The summed E-state index contributed by atoms with van der Waals surface area (Å²) < 4.78 is 11.5. The van der Waals surface area contributed by atoms with Gasteiger partial charge in [0.25, 0.3) is 5.91 Å². The Bertz CT molecular complexity index is 1380. The van der Waals surface area contributed by atoms with Crippen LogP contribution in [0.5, 0.6) is 5.75 Å². The molecule has 0 atom stereocenters. The molecule has 2 amide bonds. The second kappa shape index (κ2) is 10.2. The third kappa shape index (κ3) is 5.30. The molecule has 4 rings (SSSR count). The van der Waals surface area contributed by atoms with E-state index in [2.05, 4.69) is 41.1 Å². The van der Waals surface area contributed by atoms with Gasteiger partial charge in [-0.2, -0.15) is 9.78 Å². The summed E-state index contributed by atoms with van der Waals surface area (Å²) in [6, 6.07) is 14.0. The van der Waals surface area contributed by atoms with Crippen LogP contribution in [0.2, 0.25) is 0 Å². The summed E-state index contributed by atoms with van der Waals surface area (Å²) in [4.78, 5) is 24.1. The Morgan fingerprint density at radius 2 is 2.00 bits per heavy atom. The van der Waals surface area contributed by atoms with E-state index < -0.39 is 5.91 Å². The molecule has 2 aromatic heterocycles. The van der Waals surface area contributed by atoms with E-state index in [1.54, 1.807) is 48.5 Å². The number of nitrogens with one attached hydrogen (secondary N) is 2. The van der Waals surface area contributed by atoms with Crippen LogP contribution in [0.4, 0.5) is 11.5 Å². The number of carbonyl (C=O) groups excluding carboxylic acids is 2. The first kappa shape index (κ1) is 23.1. The average molecular weight is 475 g/mol. The summed E-state index contributed by atoms with van der Waals surface area (Å²) in [7, 11) is 0. The Morgan fingerprint density at radius 1 is 1.20 bits per heavy atom. The minimum atomic E-state index is -0.616. The molecule has 0 aliphatic carbocycles. The van der Waals surface area contributed by atoms with Gasteiger partial charge < -0.3 is 15.8 Å². The van der Waals surface area contributed by atoms with Crippen LogP contribution in [0, 0.1) is 0 Å². The average Bonchev–Trinajstić information content (AvgIpc) is 3.46. The van der Waals surface area contributed by atoms with Gasteiger partial charge in [-0.1, -0.05) is 29.5 Å². The molecule has 4 aromatic rings. The van der Waals surface area contributed by atoms with Crippen molar-refractivity contribution in [1.82, 2.24) is 30.7 Å². The first-order chi connectivity index (χ1) is 17.0. The second-order valence-electron chi connectivity index (χ2n) is 7.13. The van der Waals surface area contributed by atoms with Crippen LogP contribution in [0.3, 0.4) is 0 Å². The Balaban J connectivity index is 1.61. The second-order valence-corrected chi connectivity index (χ2v) is 7.13. The molecule has 0 aliphatic heterocycles. The molecule has 0 saturated heterocycles. The quantitative estimate of drug-likeness (QED) is 0.254. The highest BCUT2D eigenvalue weighted by Crippen LogP contribution is 2.29. The smallest absolute Gasteiger partial charge is 0.294 e. The summed E-state index contributed by atoms with van der Waals surface area (Å²) >= 11 is 0. The zero-order valence-corrected chi connectivity index (χ0v) is 18.8. The number of amides is 2. The third-order valence-electron chi connectivity index (χ3n) is 4.61. The summed E-state index contributed by atoms with van der Waals surface area (Å²) in [5.74, 6) is -0.135. The SMILES string of the molecule is CCOc1cccc(-c2c(C(=O)NN=Cc3ccc(NC(C)=O)cc3)nnn2-c2nonc2N)c1. The molecule has 0 unspecified atom stereocenters. The molecule has 2 heterocycles. The normalized spacial score (nSPS) is 10.9. The number of nitrogens with two attached hydrogens (primary N) is 1. The number of ether oxygens (including phenoxy) is 1. The minimum Gasteiger partial charge on any atom is -0.494 e. The molecule has 2 aromatic carbocycles. The number of hydrogen-bond donors (Lipinski definition) is 3. The van der Waals surface area contributed by atoms with Gasteiger partial charge in [0.2, 0.25) is 17.5 Å². The Labute approximate surface area is 198 Å². The van der Waals surface area contributed by atoms with Gasteiger partial charge in [0.05, 0.1) is 12.8 Å². The third-order valence-corrected chi connectivity index (χ3v) is 4.61. The predicted molar refractivity (Wildman–Crippen MR) is 126 cm³/mol. The molecule has 35 heavy (non-hydrogen) atoms. The molecular weight excluding hydrogens is 454 g/mol. The fourth-order valence-electron chi connectivity index (χ4n) is 3.15. The van der Waals surface area contributed by atoms with Crippen molar-refractivity contribution < 1.29 is 19.0 Å². The minimum absolute atomic E-state index is 0.0233. The first-order valence-electron chi connectivity index (χ1n) is 10.4. The van der Waals surface area contributed by atoms with Crippen molar-refractivity contribution in [2.24, 2.45) is 5.10 Å². The molecule has 13 heteroatoms. The summed E-state index contributed by atoms with van der Waals surface area (Å²) in [6.07, 6.45) is 1.45. The lowest BCUT2D eigenvalue weighted by molar-refractivity contribution is -0.114. The van der Waals surface area contributed by atoms with Crippen LogP contribution in [0.25, 0.3) is 17.1 Å². The first-order valence-corrected chi connectivity index (χ1v) is 10.4. The van der Waals surface area contributed by atoms with Crippen LogP contribution in [-0.4, -0.2) is 49.9 Å². The highest BCUT2D eigenvalue weighted by atomic mass is 16.6. The molecule has 0 saturated carbocycles. The van der Waals surface area contributed by atoms with Crippen molar-refractivity contribution in [3.8, 4) is 22.8 Å². The van der Waals surface area contributed by atoms with Crippen molar-refractivity contribution >= 4 is 29.5 Å². The Kier molecular flexibility index (Phi) is 6.76. The van der Waals surface area contributed by atoms with E-state index >= 15 is 0 Å². The van der Waals surface area contributed by atoms with Crippen LogP contribution in [-0.2, 0) is 4.79 Å². The fourth-order valence-corrected chi connectivity index (χ4v) is 3.15. The number of benzene rings is 2. The van der Waals surface area contributed by atoms with E-state index in [9.17, 15) is 9.59 Å². The maximum Gasteiger partial charge on any atom is 0.294 e. The lowest BCUT2D eigenvalue weighted by Gasteiger charge is -2.08. The number of rotatable bonds is 8. The standard InChI is InChI=1S/C22H21N9O4/c1-3-34-17-6-4-5-15(11-17)19-18(26-30-31(19)21-20(23)28-35-29-21)22(33)27-24-12-14-7-9-16(10-8-14)25-13(2)32/h4-12H,3H2,1-2H3,(H2,23,28)(H,25,32)(H,27,33). The molecule has 0 fully saturated rings. The molecule has 0 aliphatic rings. The maximum atomic E-state index is 13.0. The van der Waals surface area contributed by atoms with E-state index in [-0.39, 0.29) is 23.2 Å². The van der Waals surface area contributed by atoms with Crippen LogP contribution in [0.15, 0.2) is 58.3 Å². The fraction of sp³-hybridized carbons (Fsp3) is 0.136. The van der Waals surface area contributed by atoms with Gasteiger partial charge in [-0.25, -0.2) is 10.1 Å². The summed E-state index contributed by atoms with van der Waals surface area (Å²) in [5, 5.41) is 22.0.